The Morgan fingerprint density at radius 1 is 1.42 bits per heavy atom. The maximum atomic E-state index is 11.7. The van der Waals surface area contributed by atoms with Crippen molar-refractivity contribution in [3.05, 3.63) is 18.1 Å². The van der Waals surface area contributed by atoms with Crippen LogP contribution in [0.2, 0.25) is 0 Å². The van der Waals surface area contributed by atoms with Crippen molar-refractivity contribution in [2.75, 3.05) is 23.5 Å². The van der Waals surface area contributed by atoms with Crippen LogP contribution >= 0.6 is 11.8 Å². The van der Waals surface area contributed by atoms with Gasteiger partial charge in [0.2, 0.25) is 11.8 Å². The second-order valence-corrected chi connectivity index (χ2v) is 4.63. The summed E-state index contributed by atoms with van der Waals surface area (Å²) in [4.78, 5) is 42.7. The summed E-state index contributed by atoms with van der Waals surface area (Å²) in [5.41, 5.74) is -0.335. The number of rotatable bonds is 4. The van der Waals surface area contributed by atoms with Gasteiger partial charge in [-0.1, -0.05) is 0 Å². The van der Waals surface area contributed by atoms with E-state index in [-0.39, 0.29) is 24.0 Å². The number of aromatic nitrogens is 2. The summed E-state index contributed by atoms with van der Waals surface area (Å²) >= 11 is 1.42. The van der Waals surface area contributed by atoms with Crippen molar-refractivity contribution in [3.63, 3.8) is 0 Å². The number of aromatic carboxylic acids is 1. The summed E-state index contributed by atoms with van der Waals surface area (Å²) in [6.45, 7) is -0.124. The third kappa shape index (κ3) is 3.19. The van der Waals surface area contributed by atoms with Crippen molar-refractivity contribution >= 4 is 35.4 Å². The van der Waals surface area contributed by atoms with E-state index < -0.39 is 11.9 Å². The minimum Gasteiger partial charge on any atom is -0.476 e. The normalized spacial score (nSPS) is 14.5. The van der Waals surface area contributed by atoms with Gasteiger partial charge >= 0.3 is 5.97 Å². The average Bonchev–Trinajstić information content (AvgIpc) is 2.75. The van der Waals surface area contributed by atoms with Crippen LogP contribution in [0.3, 0.4) is 0 Å². The molecule has 0 bridgehead atoms. The van der Waals surface area contributed by atoms with Crippen LogP contribution in [0.15, 0.2) is 12.4 Å². The number of carbonyl (C=O) groups excluding carboxylic acids is 2. The molecular formula is C10H10N4O4S. The highest BCUT2D eigenvalue weighted by Crippen LogP contribution is 2.15. The smallest absolute Gasteiger partial charge is 0.358 e. The van der Waals surface area contributed by atoms with Gasteiger partial charge in [-0.15, -0.1) is 11.8 Å². The predicted octanol–water partition coefficient (Wildman–Crippen LogP) is -0.354. The van der Waals surface area contributed by atoms with Crippen molar-refractivity contribution in [2.24, 2.45) is 0 Å². The molecule has 1 aliphatic rings. The second kappa shape index (κ2) is 5.65. The highest BCUT2D eigenvalue weighted by molar-refractivity contribution is 8.00. The van der Waals surface area contributed by atoms with Crippen molar-refractivity contribution < 1.29 is 19.5 Å². The van der Waals surface area contributed by atoms with E-state index in [0.29, 0.717) is 11.6 Å². The molecule has 0 spiro atoms. The summed E-state index contributed by atoms with van der Waals surface area (Å²) < 4.78 is 0. The topological polar surface area (TPSA) is 112 Å². The zero-order valence-corrected chi connectivity index (χ0v) is 10.5. The van der Waals surface area contributed by atoms with Crippen LogP contribution < -0.4 is 5.32 Å². The standard InChI is InChI=1S/C10H10N4O4S/c15-6(3-14-5-19-4-7(14)16)13-9-8(10(17)18)11-1-2-12-9/h1-2H,3-5H2,(H,17,18)(H,12,13,15). The molecule has 2 amide bonds. The van der Waals surface area contributed by atoms with E-state index in [2.05, 4.69) is 15.3 Å². The van der Waals surface area contributed by atoms with Crippen molar-refractivity contribution in [3.8, 4) is 0 Å². The molecule has 9 heteroatoms. The molecule has 2 N–H and O–H groups in total. The molecule has 1 aromatic rings. The van der Waals surface area contributed by atoms with Gasteiger partial charge in [0.15, 0.2) is 11.5 Å². The molecule has 8 nitrogen and oxygen atoms in total. The van der Waals surface area contributed by atoms with Gasteiger partial charge in [0.1, 0.15) is 6.54 Å². The molecule has 2 rings (SSSR count). The highest BCUT2D eigenvalue weighted by Gasteiger charge is 2.24. The molecule has 2 heterocycles. The molecule has 1 saturated heterocycles. The predicted molar refractivity (Wildman–Crippen MR) is 66.7 cm³/mol. The largest absolute Gasteiger partial charge is 0.476 e. The molecule has 100 valence electrons. The van der Waals surface area contributed by atoms with E-state index in [1.54, 1.807) is 0 Å². The first-order valence-corrected chi connectivity index (χ1v) is 6.43. The zero-order valence-electron chi connectivity index (χ0n) is 9.70. The third-order valence-corrected chi connectivity index (χ3v) is 3.26. The number of nitrogens with one attached hydrogen (secondary N) is 1. The number of carboxylic acid groups (broad SMARTS) is 1. The van der Waals surface area contributed by atoms with E-state index in [4.69, 9.17) is 5.11 Å². The van der Waals surface area contributed by atoms with Gasteiger partial charge in [-0.05, 0) is 0 Å². The number of carboxylic acids is 1. The fraction of sp³-hybridized carbons (Fsp3) is 0.300. The van der Waals surface area contributed by atoms with E-state index in [1.807, 2.05) is 0 Å². The summed E-state index contributed by atoms with van der Waals surface area (Å²) in [5, 5.41) is 11.2. The Kier molecular flexibility index (Phi) is 3.95. The summed E-state index contributed by atoms with van der Waals surface area (Å²) in [6.07, 6.45) is 2.50. The van der Waals surface area contributed by atoms with Crippen LogP contribution in [0.1, 0.15) is 10.5 Å². The zero-order chi connectivity index (χ0) is 13.8. The van der Waals surface area contributed by atoms with Gasteiger partial charge in [0, 0.05) is 12.4 Å². The van der Waals surface area contributed by atoms with Crippen LogP contribution in [-0.4, -0.2) is 55.9 Å². The molecular weight excluding hydrogens is 272 g/mol. The molecule has 0 aliphatic carbocycles. The quantitative estimate of drug-likeness (QED) is 0.775. The molecule has 1 aliphatic heterocycles. The molecule has 0 atom stereocenters. The lowest BCUT2D eigenvalue weighted by Gasteiger charge is -2.14. The van der Waals surface area contributed by atoms with Gasteiger partial charge in [-0.2, -0.15) is 0 Å². The van der Waals surface area contributed by atoms with E-state index in [0.717, 1.165) is 0 Å². The number of hydrogen-bond acceptors (Lipinski definition) is 6. The molecule has 1 fully saturated rings. The minimum atomic E-state index is -1.28. The molecule has 0 aromatic carbocycles. The SMILES string of the molecule is O=C(CN1CSCC1=O)Nc1nccnc1C(=O)O. The maximum Gasteiger partial charge on any atom is 0.358 e. The number of amides is 2. The highest BCUT2D eigenvalue weighted by atomic mass is 32.2. The first kappa shape index (κ1) is 13.3. The first-order valence-electron chi connectivity index (χ1n) is 5.27. The van der Waals surface area contributed by atoms with Crippen LogP contribution in [0.4, 0.5) is 5.82 Å². The Balaban J connectivity index is 2.03. The van der Waals surface area contributed by atoms with E-state index in [1.165, 1.54) is 29.1 Å². The Bertz CT molecular complexity index is 536. The first-order chi connectivity index (χ1) is 9.08. The lowest BCUT2D eigenvalue weighted by Crippen LogP contribution is -2.35. The molecule has 19 heavy (non-hydrogen) atoms. The molecule has 0 unspecified atom stereocenters. The minimum absolute atomic E-state index is 0.113. The molecule has 0 radical (unpaired) electrons. The number of hydrogen-bond donors (Lipinski definition) is 2. The van der Waals surface area contributed by atoms with E-state index in [9.17, 15) is 14.4 Å². The van der Waals surface area contributed by atoms with E-state index >= 15 is 0 Å². The van der Waals surface area contributed by atoms with Gasteiger partial charge in [-0.3, -0.25) is 9.59 Å². The Hall–Kier alpha value is -2.16. The van der Waals surface area contributed by atoms with Gasteiger partial charge < -0.3 is 15.3 Å². The molecule has 0 saturated carbocycles. The summed E-state index contributed by atoms with van der Waals surface area (Å²) in [7, 11) is 0. The summed E-state index contributed by atoms with van der Waals surface area (Å²) in [5.74, 6) is -1.20. The maximum absolute atomic E-state index is 11.7. The third-order valence-electron chi connectivity index (χ3n) is 2.32. The Morgan fingerprint density at radius 3 is 2.79 bits per heavy atom. The van der Waals surface area contributed by atoms with Crippen LogP contribution in [0.5, 0.6) is 0 Å². The van der Waals surface area contributed by atoms with Crippen LogP contribution in [-0.2, 0) is 9.59 Å². The van der Waals surface area contributed by atoms with Crippen molar-refractivity contribution in [1.29, 1.82) is 0 Å². The fourth-order valence-corrected chi connectivity index (χ4v) is 2.38. The molecule has 1 aromatic heterocycles. The number of anilines is 1. The average molecular weight is 282 g/mol. The van der Waals surface area contributed by atoms with Gasteiger partial charge in [0.25, 0.3) is 0 Å². The Morgan fingerprint density at radius 2 is 2.16 bits per heavy atom. The van der Waals surface area contributed by atoms with Crippen molar-refractivity contribution in [2.45, 2.75) is 0 Å². The van der Waals surface area contributed by atoms with Crippen molar-refractivity contribution in [1.82, 2.24) is 14.9 Å². The van der Waals surface area contributed by atoms with Gasteiger partial charge in [-0.25, -0.2) is 14.8 Å². The van der Waals surface area contributed by atoms with Crippen LogP contribution in [0, 0.1) is 0 Å². The Labute approximate surface area is 112 Å². The lowest BCUT2D eigenvalue weighted by molar-refractivity contribution is -0.130. The lowest BCUT2D eigenvalue weighted by atomic mass is 10.4. The monoisotopic (exact) mass is 282 g/mol. The number of thioether (sulfide) groups is 1. The fourth-order valence-electron chi connectivity index (χ4n) is 1.47. The van der Waals surface area contributed by atoms with Gasteiger partial charge in [0.05, 0.1) is 11.6 Å². The number of carbonyl (C=O) groups is 3. The summed E-state index contributed by atoms with van der Waals surface area (Å²) in [6, 6.07) is 0. The second-order valence-electron chi connectivity index (χ2n) is 3.68. The van der Waals surface area contributed by atoms with Crippen LogP contribution in [0.25, 0.3) is 0 Å². The number of nitrogens with zero attached hydrogens (tertiary/aromatic N) is 3.